The molecule has 3 rings (SSSR count). The Labute approximate surface area is 106 Å². The van der Waals surface area contributed by atoms with Crippen molar-refractivity contribution in [2.24, 2.45) is 7.05 Å². The summed E-state index contributed by atoms with van der Waals surface area (Å²) in [6.45, 7) is 1.69. The Morgan fingerprint density at radius 3 is 3.00 bits per heavy atom. The van der Waals surface area contributed by atoms with Crippen LogP contribution >= 0.6 is 0 Å². The van der Waals surface area contributed by atoms with Crippen LogP contribution in [0.15, 0.2) is 30.5 Å². The van der Waals surface area contributed by atoms with Crippen molar-refractivity contribution in [1.82, 2.24) is 9.78 Å². The number of rotatable bonds is 2. The van der Waals surface area contributed by atoms with E-state index in [-0.39, 0.29) is 0 Å². The summed E-state index contributed by atoms with van der Waals surface area (Å²) in [5, 5.41) is 4.19. The van der Waals surface area contributed by atoms with E-state index >= 15 is 0 Å². The highest BCUT2D eigenvalue weighted by molar-refractivity contribution is 5.73. The van der Waals surface area contributed by atoms with E-state index in [4.69, 9.17) is 10.5 Å². The highest BCUT2D eigenvalue weighted by Crippen LogP contribution is 2.30. The van der Waals surface area contributed by atoms with Crippen molar-refractivity contribution in [2.75, 3.05) is 18.9 Å². The van der Waals surface area contributed by atoms with E-state index in [1.807, 2.05) is 13.2 Å². The number of nitrogens with two attached hydrogens (primary N) is 1. The fraction of sp³-hybridized carbons (Fsp3) is 0.357. The van der Waals surface area contributed by atoms with Gasteiger partial charge in [-0.25, -0.2) is 0 Å². The zero-order chi connectivity index (χ0) is 12.5. The average molecular weight is 243 g/mol. The van der Waals surface area contributed by atoms with Crippen LogP contribution in [-0.4, -0.2) is 23.0 Å². The Kier molecular flexibility index (Phi) is 2.80. The molecule has 1 aliphatic heterocycles. The molecule has 1 aliphatic rings. The van der Waals surface area contributed by atoms with Gasteiger partial charge in [0.05, 0.1) is 12.8 Å². The second-order valence-electron chi connectivity index (χ2n) is 4.75. The van der Waals surface area contributed by atoms with Crippen LogP contribution in [0.5, 0.6) is 0 Å². The molecule has 1 aromatic heterocycles. The molecule has 0 saturated carbocycles. The van der Waals surface area contributed by atoms with Gasteiger partial charge in [-0.2, -0.15) is 5.10 Å². The van der Waals surface area contributed by atoms with Crippen molar-refractivity contribution in [3.63, 3.8) is 0 Å². The molecule has 4 nitrogen and oxygen atoms in total. The summed E-state index contributed by atoms with van der Waals surface area (Å²) in [4.78, 5) is 0. The van der Waals surface area contributed by atoms with Gasteiger partial charge in [-0.1, -0.05) is 24.3 Å². The number of aromatic nitrogens is 2. The predicted octanol–water partition coefficient (Wildman–Crippen LogP) is 2.17. The molecular weight excluding hydrogens is 226 g/mol. The third kappa shape index (κ3) is 1.88. The SMILES string of the molecule is Cn1ncc(-c2cccc(C3CCOC3)c2)c1N. The van der Waals surface area contributed by atoms with Crippen LogP contribution in [0.25, 0.3) is 11.1 Å². The lowest BCUT2D eigenvalue weighted by molar-refractivity contribution is 0.194. The Bertz CT molecular complexity index is 556. The smallest absolute Gasteiger partial charge is 0.129 e. The van der Waals surface area contributed by atoms with Gasteiger partial charge in [0.25, 0.3) is 0 Å². The average Bonchev–Trinajstić information content (AvgIpc) is 3.02. The minimum absolute atomic E-state index is 0.517. The first-order valence-corrected chi connectivity index (χ1v) is 6.21. The molecule has 0 amide bonds. The Morgan fingerprint density at radius 2 is 2.33 bits per heavy atom. The van der Waals surface area contributed by atoms with E-state index in [1.54, 1.807) is 4.68 Å². The molecule has 2 aromatic rings. The van der Waals surface area contributed by atoms with E-state index in [0.717, 1.165) is 30.8 Å². The zero-order valence-corrected chi connectivity index (χ0v) is 10.5. The molecule has 1 saturated heterocycles. The van der Waals surface area contributed by atoms with Gasteiger partial charge in [-0.15, -0.1) is 0 Å². The van der Waals surface area contributed by atoms with Gasteiger partial charge in [-0.05, 0) is 17.5 Å². The van der Waals surface area contributed by atoms with Gasteiger partial charge >= 0.3 is 0 Å². The van der Waals surface area contributed by atoms with Crippen molar-refractivity contribution in [3.8, 4) is 11.1 Å². The van der Waals surface area contributed by atoms with Crippen LogP contribution in [0.3, 0.4) is 0 Å². The van der Waals surface area contributed by atoms with Gasteiger partial charge in [0, 0.05) is 25.1 Å². The lowest BCUT2D eigenvalue weighted by atomic mass is 9.95. The van der Waals surface area contributed by atoms with Crippen molar-refractivity contribution in [1.29, 1.82) is 0 Å². The second kappa shape index (κ2) is 4.46. The van der Waals surface area contributed by atoms with Crippen molar-refractivity contribution >= 4 is 5.82 Å². The first-order valence-electron chi connectivity index (χ1n) is 6.21. The number of benzene rings is 1. The maximum atomic E-state index is 6.01. The fourth-order valence-electron chi connectivity index (χ4n) is 2.43. The van der Waals surface area contributed by atoms with Crippen molar-refractivity contribution in [3.05, 3.63) is 36.0 Å². The maximum absolute atomic E-state index is 6.01. The van der Waals surface area contributed by atoms with Crippen LogP contribution in [-0.2, 0) is 11.8 Å². The standard InChI is InChI=1S/C14H17N3O/c1-17-14(15)13(8-16-17)11-4-2-3-10(7-11)12-5-6-18-9-12/h2-4,7-8,12H,5-6,9,15H2,1H3. The third-order valence-electron chi connectivity index (χ3n) is 3.58. The molecular formula is C14H17N3O. The highest BCUT2D eigenvalue weighted by atomic mass is 16.5. The number of nitrogens with zero attached hydrogens (tertiary/aromatic N) is 2. The van der Waals surface area contributed by atoms with E-state index in [9.17, 15) is 0 Å². The number of hydrogen-bond donors (Lipinski definition) is 1. The molecule has 1 aromatic carbocycles. The molecule has 2 heterocycles. The lowest BCUT2D eigenvalue weighted by Gasteiger charge is -2.09. The lowest BCUT2D eigenvalue weighted by Crippen LogP contribution is -1.99. The summed E-state index contributed by atoms with van der Waals surface area (Å²) in [6, 6.07) is 8.52. The number of nitrogen functional groups attached to an aromatic ring is 1. The summed E-state index contributed by atoms with van der Waals surface area (Å²) in [6.07, 6.45) is 2.92. The minimum Gasteiger partial charge on any atom is -0.383 e. The molecule has 0 bridgehead atoms. The number of ether oxygens (including phenoxy) is 1. The van der Waals surface area contributed by atoms with Crippen molar-refractivity contribution < 1.29 is 4.74 Å². The molecule has 1 fully saturated rings. The molecule has 18 heavy (non-hydrogen) atoms. The molecule has 2 N–H and O–H groups in total. The van der Waals surface area contributed by atoms with E-state index in [2.05, 4.69) is 29.4 Å². The second-order valence-corrected chi connectivity index (χ2v) is 4.75. The van der Waals surface area contributed by atoms with E-state index < -0.39 is 0 Å². The number of aryl methyl sites for hydroxylation is 1. The number of hydrogen-bond acceptors (Lipinski definition) is 3. The van der Waals surface area contributed by atoms with Crippen LogP contribution < -0.4 is 5.73 Å². The fourth-order valence-corrected chi connectivity index (χ4v) is 2.43. The molecule has 0 aliphatic carbocycles. The molecule has 4 heteroatoms. The van der Waals surface area contributed by atoms with Gasteiger partial charge in [0.15, 0.2) is 0 Å². The Hall–Kier alpha value is -1.81. The molecule has 1 atom stereocenters. The van der Waals surface area contributed by atoms with Crippen molar-refractivity contribution in [2.45, 2.75) is 12.3 Å². The molecule has 94 valence electrons. The molecule has 0 radical (unpaired) electrons. The van der Waals surface area contributed by atoms with Gasteiger partial charge in [0.2, 0.25) is 0 Å². The Balaban J connectivity index is 1.98. The zero-order valence-electron chi connectivity index (χ0n) is 10.5. The topological polar surface area (TPSA) is 53.1 Å². The quantitative estimate of drug-likeness (QED) is 0.879. The maximum Gasteiger partial charge on any atom is 0.129 e. The monoisotopic (exact) mass is 243 g/mol. The van der Waals surface area contributed by atoms with E-state index in [0.29, 0.717) is 11.7 Å². The summed E-state index contributed by atoms with van der Waals surface area (Å²) < 4.78 is 7.14. The van der Waals surface area contributed by atoms with Crippen LogP contribution in [0.2, 0.25) is 0 Å². The summed E-state index contributed by atoms with van der Waals surface area (Å²) in [5.41, 5.74) is 9.47. The minimum atomic E-state index is 0.517. The summed E-state index contributed by atoms with van der Waals surface area (Å²) >= 11 is 0. The summed E-state index contributed by atoms with van der Waals surface area (Å²) in [5.74, 6) is 1.22. The normalized spacial score (nSPS) is 19.3. The van der Waals surface area contributed by atoms with Crippen LogP contribution in [0, 0.1) is 0 Å². The highest BCUT2D eigenvalue weighted by Gasteiger charge is 2.18. The van der Waals surface area contributed by atoms with Crippen LogP contribution in [0.4, 0.5) is 5.82 Å². The first-order chi connectivity index (χ1) is 8.75. The first kappa shape index (κ1) is 11.3. The Morgan fingerprint density at radius 1 is 1.44 bits per heavy atom. The molecule has 0 spiro atoms. The third-order valence-corrected chi connectivity index (χ3v) is 3.58. The van der Waals surface area contributed by atoms with Gasteiger partial charge in [0.1, 0.15) is 5.82 Å². The van der Waals surface area contributed by atoms with Gasteiger partial charge < -0.3 is 10.5 Å². The van der Waals surface area contributed by atoms with Gasteiger partial charge in [-0.3, -0.25) is 4.68 Å². The van der Waals surface area contributed by atoms with E-state index in [1.165, 1.54) is 5.56 Å². The number of anilines is 1. The predicted molar refractivity (Wildman–Crippen MR) is 71.2 cm³/mol. The van der Waals surface area contributed by atoms with Crippen LogP contribution in [0.1, 0.15) is 17.9 Å². The summed E-state index contributed by atoms with van der Waals surface area (Å²) in [7, 11) is 1.85. The largest absolute Gasteiger partial charge is 0.383 e. The molecule has 1 unspecified atom stereocenters.